The third kappa shape index (κ3) is 5.11. The molecule has 3 N–H and O–H groups in total. The highest BCUT2D eigenvalue weighted by atomic mass is 16.5. The second kappa shape index (κ2) is 9.51. The van der Waals surface area contributed by atoms with Crippen LogP contribution in [-0.4, -0.2) is 41.1 Å². The molecule has 0 saturated heterocycles. The van der Waals surface area contributed by atoms with Gasteiger partial charge in [0.1, 0.15) is 5.75 Å². The molecular formula is C22H21N3O5. The van der Waals surface area contributed by atoms with Gasteiger partial charge >= 0.3 is 12.0 Å². The summed E-state index contributed by atoms with van der Waals surface area (Å²) in [6, 6.07) is 14.4. The lowest BCUT2D eigenvalue weighted by Crippen LogP contribution is -2.41. The molecule has 0 aliphatic heterocycles. The first-order valence-corrected chi connectivity index (χ1v) is 9.42. The molecule has 8 nitrogen and oxygen atoms in total. The number of phenolic OH excluding ortho intramolecular Hbond substituents is 1. The van der Waals surface area contributed by atoms with Gasteiger partial charge in [0.05, 0.1) is 16.8 Å². The fourth-order valence-electron chi connectivity index (χ4n) is 2.78. The number of para-hydroxylation sites is 1. The second-order valence-corrected chi connectivity index (χ2v) is 6.50. The molecular weight excluding hydrogens is 386 g/mol. The Bertz CT molecular complexity index is 1080. The van der Waals surface area contributed by atoms with Crippen LogP contribution in [0.4, 0.5) is 4.79 Å². The van der Waals surface area contributed by atoms with E-state index in [1.54, 1.807) is 42.5 Å². The van der Waals surface area contributed by atoms with Crippen LogP contribution < -0.4 is 10.6 Å². The third-order valence-electron chi connectivity index (χ3n) is 4.22. The Morgan fingerprint density at radius 3 is 2.53 bits per heavy atom. The van der Waals surface area contributed by atoms with E-state index in [1.807, 2.05) is 6.92 Å². The van der Waals surface area contributed by atoms with Crippen molar-refractivity contribution in [2.24, 2.45) is 0 Å². The maximum atomic E-state index is 12.7. The Balaban J connectivity index is 1.80. The van der Waals surface area contributed by atoms with E-state index in [2.05, 4.69) is 15.6 Å². The Labute approximate surface area is 172 Å². The van der Waals surface area contributed by atoms with Gasteiger partial charge < -0.3 is 15.2 Å². The average Bonchev–Trinajstić information content (AvgIpc) is 2.75. The monoisotopic (exact) mass is 407 g/mol. The van der Waals surface area contributed by atoms with E-state index in [9.17, 15) is 19.5 Å². The predicted molar refractivity (Wildman–Crippen MR) is 111 cm³/mol. The molecule has 0 saturated carbocycles. The first kappa shape index (κ1) is 20.8. The summed E-state index contributed by atoms with van der Waals surface area (Å²) in [6.45, 7) is 1.72. The number of esters is 1. The molecule has 0 spiro atoms. The SMILES string of the molecule is CCCNC(=O)NC(=O)COC(=O)c1cc(-c2ccc(O)cc2)nc2ccccc12. The minimum atomic E-state index is -0.728. The number of urea groups is 1. The molecule has 1 heterocycles. The average molecular weight is 407 g/mol. The van der Waals surface area contributed by atoms with Crippen molar-refractivity contribution in [2.75, 3.05) is 13.2 Å². The lowest BCUT2D eigenvalue weighted by atomic mass is 10.0. The lowest BCUT2D eigenvalue weighted by molar-refractivity contribution is -0.123. The number of ether oxygens (including phenoxy) is 1. The molecule has 0 fully saturated rings. The number of amides is 3. The van der Waals surface area contributed by atoms with Crippen molar-refractivity contribution >= 4 is 28.8 Å². The largest absolute Gasteiger partial charge is 0.508 e. The van der Waals surface area contributed by atoms with E-state index in [1.165, 1.54) is 12.1 Å². The van der Waals surface area contributed by atoms with E-state index in [0.29, 0.717) is 28.7 Å². The lowest BCUT2D eigenvalue weighted by Gasteiger charge is -2.10. The summed E-state index contributed by atoms with van der Waals surface area (Å²) < 4.78 is 5.11. The zero-order valence-corrected chi connectivity index (χ0v) is 16.3. The molecule has 0 atom stereocenters. The Morgan fingerprint density at radius 1 is 1.07 bits per heavy atom. The number of hydrogen-bond acceptors (Lipinski definition) is 6. The number of phenols is 1. The fraction of sp³-hybridized carbons (Fsp3) is 0.182. The van der Waals surface area contributed by atoms with Gasteiger partial charge in [0.15, 0.2) is 6.61 Å². The summed E-state index contributed by atoms with van der Waals surface area (Å²) in [5.41, 5.74) is 2.05. The fourth-order valence-corrected chi connectivity index (χ4v) is 2.78. The molecule has 0 aliphatic rings. The molecule has 2 aromatic carbocycles. The van der Waals surface area contributed by atoms with Crippen LogP contribution in [0.3, 0.4) is 0 Å². The van der Waals surface area contributed by atoms with Gasteiger partial charge in [-0.25, -0.2) is 14.6 Å². The molecule has 3 rings (SSSR count). The molecule has 0 bridgehead atoms. The predicted octanol–water partition coefficient (Wildman–Crippen LogP) is 3.00. The standard InChI is InChI=1S/C22H21N3O5/c1-2-11-23-22(29)25-20(27)13-30-21(28)17-12-19(14-7-9-15(26)10-8-14)24-18-6-4-3-5-16(17)18/h3-10,12,26H,2,11,13H2,1H3,(H2,23,25,27,29). The van der Waals surface area contributed by atoms with Gasteiger partial charge in [-0.3, -0.25) is 10.1 Å². The highest BCUT2D eigenvalue weighted by Crippen LogP contribution is 2.26. The maximum absolute atomic E-state index is 12.7. The molecule has 0 aliphatic carbocycles. The Kier molecular flexibility index (Phi) is 6.59. The van der Waals surface area contributed by atoms with Crippen molar-refractivity contribution in [3.8, 4) is 17.0 Å². The van der Waals surface area contributed by atoms with Crippen LogP contribution in [0.2, 0.25) is 0 Å². The van der Waals surface area contributed by atoms with E-state index >= 15 is 0 Å². The number of nitrogens with zero attached hydrogens (tertiary/aromatic N) is 1. The number of aromatic nitrogens is 1. The first-order chi connectivity index (χ1) is 14.5. The summed E-state index contributed by atoms with van der Waals surface area (Å²) in [6.07, 6.45) is 0.731. The number of carbonyl (C=O) groups excluding carboxylic acids is 3. The van der Waals surface area contributed by atoms with Crippen LogP contribution >= 0.6 is 0 Å². The topological polar surface area (TPSA) is 118 Å². The number of rotatable bonds is 6. The van der Waals surface area contributed by atoms with Gasteiger partial charge in [0.25, 0.3) is 5.91 Å². The van der Waals surface area contributed by atoms with Gasteiger partial charge in [-0.2, -0.15) is 0 Å². The smallest absolute Gasteiger partial charge is 0.339 e. The number of imide groups is 1. The second-order valence-electron chi connectivity index (χ2n) is 6.50. The van der Waals surface area contributed by atoms with Crippen molar-refractivity contribution in [1.29, 1.82) is 0 Å². The van der Waals surface area contributed by atoms with E-state index in [0.717, 1.165) is 6.42 Å². The number of nitrogens with one attached hydrogen (secondary N) is 2. The molecule has 0 radical (unpaired) electrons. The van der Waals surface area contributed by atoms with E-state index in [-0.39, 0.29) is 11.3 Å². The van der Waals surface area contributed by atoms with Crippen molar-refractivity contribution in [3.63, 3.8) is 0 Å². The van der Waals surface area contributed by atoms with E-state index in [4.69, 9.17) is 4.74 Å². The van der Waals surface area contributed by atoms with Crippen LogP contribution in [0.5, 0.6) is 5.75 Å². The number of pyridine rings is 1. The molecule has 30 heavy (non-hydrogen) atoms. The molecule has 3 amide bonds. The van der Waals surface area contributed by atoms with Crippen LogP contribution in [0.1, 0.15) is 23.7 Å². The minimum Gasteiger partial charge on any atom is -0.508 e. The van der Waals surface area contributed by atoms with Crippen LogP contribution in [-0.2, 0) is 9.53 Å². The number of hydrogen-bond donors (Lipinski definition) is 3. The molecule has 154 valence electrons. The van der Waals surface area contributed by atoms with Crippen LogP contribution in [0.25, 0.3) is 22.2 Å². The molecule has 3 aromatic rings. The van der Waals surface area contributed by atoms with Gasteiger partial charge in [-0.05, 0) is 42.8 Å². The zero-order chi connectivity index (χ0) is 21.5. The van der Waals surface area contributed by atoms with Gasteiger partial charge in [0, 0.05) is 17.5 Å². The maximum Gasteiger partial charge on any atom is 0.339 e. The highest BCUT2D eigenvalue weighted by molar-refractivity contribution is 6.05. The number of fused-ring (bicyclic) bond motifs is 1. The van der Waals surface area contributed by atoms with Crippen LogP contribution in [0, 0.1) is 0 Å². The van der Waals surface area contributed by atoms with Crippen molar-refractivity contribution < 1.29 is 24.2 Å². The number of aromatic hydroxyl groups is 1. The zero-order valence-electron chi connectivity index (χ0n) is 16.3. The third-order valence-corrected chi connectivity index (χ3v) is 4.22. The summed E-state index contributed by atoms with van der Waals surface area (Å²) in [4.78, 5) is 40.6. The summed E-state index contributed by atoms with van der Waals surface area (Å²) in [7, 11) is 0. The van der Waals surface area contributed by atoms with Crippen molar-refractivity contribution in [1.82, 2.24) is 15.6 Å². The first-order valence-electron chi connectivity index (χ1n) is 9.42. The molecule has 1 aromatic heterocycles. The molecule has 8 heteroatoms. The Hall–Kier alpha value is -3.94. The highest BCUT2D eigenvalue weighted by Gasteiger charge is 2.17. The quantitative estimate of drug-likeness (QED) is 0.541. The van der Waals surface area contributed by atoms with Gasteiger partial charge in [0.2, 0.25) is 0 Å². The summed E-state index contributed by atoms with van der Waals surface area (Å²) >= 11 is 0. The van der Waals surface area contributed by atoms with Gasteiger partial charge in [-0.15, -0.1) is 0 Å². The normalized spacial score (nSPS) is 10.4. The van der Waals surface area contributed by atoms with Crippen molar-refractivity contribution in [3.05, 3.63) is 60.2 Å². The van der Waals surface area contributed by atoms with E-state index < -0.39 is 24.5 Å². The Morgan fingerprint density at radius 2 is 1.80 bits per heavy atom. The minimum absolute atomic E-state index is 0.119. The molecule has 0 unspecified atom stereocenters. The number of benzene rings is 2. The number of carbonyl (C=O) groups is 3. The van der Waals surface area contributed by atoms with Gasteiger partial charge in [-0.1, -0.05) is 25.1 Å². The summed E-state index contributed by atoms with van der Waals surface area (Å²) in [5, 5.41) is 14.7. The van der Waals surface area contributed by atoms with Crippen molar-refractivity contribution in [2.45, 2.75) is 13.3 Å². The summed E-state index contributed by atoms with van der Waals surface area (Å²) in [5.74, 6) is -1.32. The van der Waals surface area contributed by atoms with Crippen LogP contribution in [0.15, 0.2) is 54.6 Å².